The molecule has 1 N–H and O–H groups in total. The Labute approximate surface area is 178 Å². The van der Waals surface area contributed by atoms with Crippen LogP contribution < -0.4 is 4.74 Å². The third-order valence-corrected chi connectivity index (χ3v) is 6.03. The maximum absolute atomic E-state index is 12.8. The summed E-state index contributed by atoms with van der Waals surface area (Å²) in [7, 11) is 1.54. The summed E-state index contributed by atoms with van der Waals surface area (Å²) in [4.78, 5) is 22.3. The number of aryl methyl sites for hydroxylation is 1. The summed E-state index contributed by atoms with van der Waals surface area (Å²) < 4.78 is 10.5. The lowest BCUT2D eigenvalue weighted by Crippen LogP contribution is -2.48. The Morgan fingerprint density at radius 3 is 2.83 bits per heavy atom. The molecular weight excluding hydrogens is 404 g/mol. The number of rotatable bonds is 7. The number of thiophene rings is 1. The molecule has 3 aromatic rings. The summed E-state index contributed by atoms with van der Waals surface area (Å²) in [5.41, 5.74) is 0.278. The number of hydrogen-bond donors (Lipinski definition) is 1. The first-order valence-electron chi connectivity index (χ1n) is 9.89. The molecule has 0 aliphatic carbocycles. The van der Waals surface area contributed by atoms with Crippen LogP contribution in [0.3, 0.4) is 0 Å². The van der Waals surface area contributed by atoms with E-state index in [4.69, 9.17) is 9.26 Å². The quantitative estimate of drug-likeness (QED) is 0.619. The molecule has 158 valence electrons. The lowest BCUT2D eigenvalue weighted by atomic mass is 10.1. The summed E-state index contributed by atoms with van der Waals surface area (Å²) in [5, 5.41) is 16.1. The average Bonchev–Trinajstić information content (AvgIpc) is 3.46. The molecule has 0 atom stereocenters. The Hall–Kier alpha value is -2.91. The number of carbonyl (C=O) groups excluding carboxylic acids is 1. The van der Waals surface area contributed by atoms with Gasteiger partial charge in [0, 0.05) is 32.6 Å². The van der Waals surface area contributed by atoms with Crippen molar-refractivity contribution in [2.75, 3.05) is 39.8 Å². The average molecular weight is 429 g/mol. The highest BCUT2D eigenvalue weighted by atomic mass is 32.1. The van der Waals surface area contributed by atoms with Crippen molar-refractivity contribution in [3.63, 3.8) is 0 Å². The molecule has 0 bridgehead atoms. The maximum atomic E-state index is 12.8. The highest BCUT2D eigenvalue weighted by Crippen LogP contribution is 2.25. The number of benzene rings is 1. The highest BCUT2D eigenvalue weighted by molar-refractivity contribution is 7.13. The Kier molecular flexibility index (Phi) is 6.29. The molecule has 1 fully saturated rings. The summed E-state index contributed by atoms with van der Waals surface area (Å²) >= 11 is 1.59. The van der Waals surface area contributed by atoms with Crippen molar-refractivity contribution in [3.8, 4) is 22.2 Å². The van der Waals surface area contributed by atoms with Crippen molar-refractivity contribution in [1.29, 1.82) is 0 Å². The van der Waals surface area contributed by atoms with Gasteiger partial charge in [-0.2, -0.15) is 4.98 Å². The van der Waals surface area contributed by atoms with E-state index in [0.717, 1.165) is 37.4 Å². The molecule has 1 aromatic carbocycles. The van der Waals surface area contributed by atoms with E-state index in [1.165, 1.54) is 13.2 Å². The SMILES string of the molecule is COc1ccc(O)c(C(=O)N2CCN(CCCc3nc(-c4cccs4)no3)CC2)c1. The van der Waals surface area contributed by atoms with E-state index < -0.39 is 0 Å². The van der Waals surface area contributed by atoms with Crippen LogP contribution in [-0.4, -0.2) is 70.8 Å². The molecule has 1 aliphatic rings. The molecule has 1 aliphatic heterocycles. The van der Waals surface area contributed by atoms with Crippen molar-refractivity contribution in [1.82, 2.24) is 19.9 Å². The van der Waals surface area contributed by atoms with Crippen LogP contribution >= 0.6 is 11.3 Å². The van der Waals surface area contributed by atoms with Gasteiger partial charge in [0.15, 0.2) is 0 Å². The zero-order valence-corrected chi connectivity index (χ0v) is 17.6. The smallest absolute Gasteiger partial charge is 0.257 e. The first-order valence-corrected chi connectivity index (χ1v) is 10.8. The van der Waals surface area contributed by atoms with Crippen molar-refractivity contribution >= 4 is 17.2 Å². The van der Waals surface area contributed by atoms with Crippen LogP contribution in [0.15, 0.2) is 40.2 Å². The number of phenolic OH excluding ortho intramolecular Hbond substituents is 1. The molecule has 0 spiro atoms. The third kappa shape index (κ3) is 4.63. The number of phenols is 1. The van der Waals surface area contributed by atoms with Gasteiger partial charge in [0.25, 0.3) is 5.91 Å². The molecule has 2 aromatic heterocycles. The van der Waals surface area contributed by atoms with Gasteiger partial charge in [-0.25, -0.2) is 0 Å². The second-order valence-electron chi connectivity index (χ2n) is 7.11. The maximum Gasteiger partial charge on any atom is 0.257 e. The van der Waals surface area contributed by atoms with E-state index in [0.29, 0.717) is 30.6 Å². The van der Waals surface area contributed by atoms with E-state index in [1.54, 1.807) is 28.4 Å². The molecule has 1 amide bonds. The van der Waals surface area contributed by atoms with Gasteiger partial charge in [0.1, 0.15) is 11.5 Å². The molecule has 0 unspecified atom stereocenters. The standard InChI is InChI=1S/C21H24N4O4S/c1-28-15-6-7-17(26)16(14-15)21(27)25-11-9-24(10-12-25)8-2-5-19-22-20(23-29-19)18-4-3-13-30-18/h3-4,6-7,13-14,26H,2,5,8-12H2,1H3. The van der Waals surface area contributed by atoms with Crippen LogP contribution in [0.1, 0.15) is 22.7 Å². The first-order chi connectivity index (χ1) is 14.6. The minimum atomic E-state index is -0.169. The van der Waals surface area contributed by atoms with Crippen molar-refractivity contribution in [3.05, 3.63) is 47.2 Å². The summed E-state index contributed by atoms with van der Waals surface area (Å²) in [6.45, 7) is 3.74. The van der Waals surface area contributed by atoms with E-state index in [1.807, 2.05) is 17.5 Å². The van der Waals surface area contributed by atoms with Crippen LogP contribution in [0.4, 0.5) is 0 Å². The number of piperazine rings is 1. The van der Waals surface area contributed by atoms with Gasteiger partial charge in [-0.3, -0.25) is 9.69 Å². The zero-order valence-electron chi connectivity index (χ0n) is 16.8. The predicted molar refractivity (Wildman–Crippen MR) is 113 cm³/mol. The number of methoxy groups -OCH3 is 1. The van der Waals surface area contributed by atoms with Crippen LogP contribution in [0.5, 0.6) is 11.5 Å². The Morgan fingerprint density at radius 1 is 1.27 bits per heavy atom. The number of ether oxygens (including phenoxy) is 1. The predicted octanol–water partition coefficient (Wildman–Crippen LogP) is 2.90. The van der Waals surface area contributed by atoms with Crippen LogP contribution in [0.2, 0.25) is 0 Å². The van der Waals surface area contributed by atoms with Gasteiger partial charge >= 0.3 is 0 Å². The minimum absolute atomic E-state index is 0.0234. The van der Waals surface area contributed by atoms with Crippen LogP contribution in [0.25, 0.3) is 10.7 Å². The topological polar surface area (TPSA) is 91.9 Å². The molecule has 0 radical (unpaired) electrons. The number of aromatic hydroxyl groups is 1. The molecule has 8 nitrogen and oxygen atoms in total. The lowest BCUT2D eigenvalue weighted by molar-refractivity contribution is 0.0632. The van der Waals surface area contributed by atoms with Gasteiger partial charge in [-0.1, -0.05) is 11.2 Å². The molecule has 0 saturated carbocycles. The third-order valence-electron chi connectivity index (χ3n) is 5.17. The second-order valence-corrected chi connectivity index (χ2v) is 8.06. The minimum Gasteiger partial charge on any atom is -0.507 e. The Bertz CT molecular complexity index is 981. The first kappa shape index (κ1) is 20.4. The monoisotopic (exact) mass is 428 g/mol. The summed E-state index contributed by atoms with van der Waals surface area (Å²) in [6, 6.07) is 8.65. The number of hydrogen-bond acceptors (Lipinski definition) is 8. The fraction of sp³-hybridized carbons (Fsp3) is 0.381. The lowest BCUT2D eigenvalue weighted by Gasteiger charge is -2.34. The van der Waals surface area contributed by atoms with Gasteiger partial charge in [-0.05, 0) is 42.6 Å². The summed E-state index contributed by atoms with van der Waals surface area (Å²) in [5.74, 6) is 1.66. The summed E-state index contributed by atoms with van der Waals surface area (Å²) in [6.07, 6.45) is 1.64. The normalized spacial score (nSPS) is 14.8. The van der Waals surface area contributed by atoms with Crippen molar-refractivity contribution < 1.29 is 19.2 Å². The van der Waals surface area contributed by atoms with Crippen molar-refractivity contribution in [2.24, 2.45) is 0 Å². The fourth-order valence-electron chi connectivity index (χ4n) is 3.47. The molecule has 3 heterocycles. The van der Waals surface area contributed by atoms with E-state index in [-0.39, 0.29) is 17.2 Å². The van der Waals surface area contributed by atoms with Gasteiger partial charge in [-0.15, -0.1) is 11.3 Å². The van der Waals surface area contributed by atoms with Crippen molar-refractivity contribution in [2.45, 2.75) is 12.8 Å². The highest BCUT2D eigenvalue weighted by Gasteiger charge is 2.24. The largest absolute Gasteiger partial charge is 0.507 e. The van der Waals surface area contributed by atoms with Crippen LogP contribution in [0, 0.1) is 0 Å². The van der Waals surface area contributed by atoms with Gasteiger partial charge in [0.05, 0.1) is 17.6 Å². The molecular formula is C21H24N4O4S. The molecule has 4 rings (SSSR count). The van der Waals surface area contributed by atoms with Crippen LogP contribution in [-0.2, 0) is 6.42 Å². The van der Waals surface area contributed by atoms with E-state index >= 15 is 0 Å². The number of aromatic nitrogens is 2. The van der Waals surface area contributed by atoms with Gasteiger partial charge < -0.3 is 19.3 Å². The number of nitrogens with zero attached hydrogens (tertiary/aromatic N) is 4. The number of amides is 1. The Morgan fingerprint density at radius 2 is 2.10 bits per heavy atom. The van der Waals surface area contributed by atoms with E-state index in [9.17, 15) is 9.90 Å². The Balaban J connectivity index is 1.24. The van der Waals surface area contributed by atoms with Gasteiger partial charge in [0.2, 0.25) is 11.7 Å². The molecule has 30 heavy (non-hydrogen) atoms. The zero-order chi connectivity index (χ0) is 20.9. The molecule has 1 saturated heterocycles. The van der Waals surface area contributed by atoms with E-state index in [2.05, 4.69) is 15.0 Å². The molecule has 9 heteroatoms. The second kappa shape index (κ2) is 9.27. The fourth-order valence-corrected chi connectivity index (χ4v) is 4.12. The number of carbonyl (C=O) groups is 1.